The fourth-order valence-electron chi connectivity index (χ4n) is 3.44. The molecular weight excluding hydrogens is 332 g/mol. The van der Waals surface area contributed by atoms with Gasteiger partial charge >= 0.3 is 0 Å². The Morgan fingerprint density at radius 2 is 1.52 bits per heavy atom. The highest BCUT2D eigenvalue weighted by Gasteiger charge is 2.03. The third-order valence-electron chi connectivity index (χ3n) is 4.78. The molecule has 0 aromatic heterocycles. The molecule has 0 atom stereocenters. The minimum absolute atomic E-state index is 0.806. The standard InChI is InChI=1S/C24H36N2O/c1-5-6-7-8-9-15-27-23-12-10-11-22(18-23)25-13-14-26-24-20(3)16-19(2)17-21(24)4/h10-12,16-18,25-26H,5-9,13-15H2,1-4H3. The molecule has 0 saturated carbocycles. The molecule has 0 aliphatic rings. The fourth-order valence-corrected chi connectivity index (χ4v) is 3.44. The maximum absolute atomic E-state index is 5.89. The molecule has 0 aliphatic heterocycles. The second-order valence-electron chi connectivity index (χ2n) is 7.42. The third kappa shape index (κ3) is 7.54. The molecule has 2 aromatic carbocycles. The zero-order chi connectivity index (χ0) is 19.5. The van der Waals surface area contributed by atoms with Crippen molar-refractivity contribution < 1.29 is 4.74 Å². The van der Waals surface area contributed by atoms with Crippen LogP contribution in [0.25, 0.3) is 0 Å². The van der Waals surface area contributed by atoms with Crippen molar-refractivity contribution in [2.24, 2.45) is 0 Å². The number of aryl methyl sites for hydroxylation is 3. The topological polar surface area (TPSA) is 33.3 Å². The summed E-state index contributed by atoms with van der Waals surface area (Å²) in [6, 6.07) is 12.7. The number of ether oxygens (including phenoxy) is 1. The first-order chi connectivity index (χ1) is 13.1. The Kier molecular flexibility index (Phi) is 9.03. The smallest absolute Gasteiger partial charge is 0.121 e. The van der Waals surface area contributed by atoms with E-state index in [1.165, 1.54) is 48.1 Å². The fraction of sp³-hybridized carbons (Fsp3) is 0.500. The maximum atomic E-state index is 5.89. The van der Waals surface area contributed by atoms with Gasteiger partial charge < -0.3 is 15.4 Å². The summed E-state index contributed by atoms with van der Waals surface area (Å²) in [5.74, 6) is 0.952. The van der Waals surface area contributed by atoms with E-state index in [9.17, 15) is 0 Å². The van der Waals surface area contributed by atoms with E-state index in [4.69, 9.17) is 4.74 Å². The predicted octanol–water partition coefficient (Wildman–Crippen LogP) is 6.49. The van der Waals surface area contributed by atoms with Gasteiger partial charge in [0.25, 0.3) is 0 Å². The van der Waals surface area contributed by atoms with Gasteiger partial charge in [-0.1, -0.05) is 56.4 Å². The van der Waals surface area contributed by atoms with Crippen LogP contribution in [0.5, 0.6) is 5.75 Å². The molecule has 148 valence electrons. The molecule has 0 saturated heterocycles. The molecule has 0 radical (unpaired) electrons. The molecule has 0 spiro atoms. The SMILES string of the molecule is CCCCCCCOc1cccc(NCCNc2c(C)cc(C)cc2C)c1. The van der Waals surface area contributed by atoms with E-state index in [0.29, 0.717) is 0 Å². The lowest BCUT2D eigenvalue weighted by Crippen LogP contribution is -2.15. The second-order valence-corrected chi connectivity index (χ2v) is 7.42. The van der Waals surface area contributed by atoms with Gasteiger partial charge in [0.05, 0.1) is 6.61 Å². The summed E-state index contributed by atoms with van der Waals surface area (Å²) in [6.07, 6.45) is 6.32. The maximum Gasteiger partial charge on any atom is 0.121 e. The quantitative estimate of drug-likeness (QED) is 0.420. The number of unbranched alkanes of at least 4 members (excludes halogenated alkanes) is 4. The van der Waals surface area contributed by atoms with Gasteiger partial charge in [0, 0.05) is 30.5 Å². The first-order valence-electron chi connectivity index (χ1n) is 10.4. The number of hydrogen-bond acceptors (Lipinski definition) is 3. The second kappa shape index (κ2) is 11.5. The molecule has 3 heteroatoms. The van der Waals surface area contributed by atoms with Crippen molar-refractivity contribution in [2.45, 2.75) is 59.8 Å². The first-order valence-corrected chi connectivity index (χ1v) is 10.4. The Labute approximate surface area is 165 Å². The van der Waals surface area contributed by atoms with E-state index in [0.717, 1.165) is 37.6 Å². The van der Waals surface area contributed by atoms with Gasteiger partial charge in [0.15, 0.2) is 0 Å². The van der Waals surface area contributed by atoms with E-state index >= 15 is 0 Å². The van der Waals surface area contributed by atoms with Gasteiger partial charge in [-0.3, -0.25) is 0 Å². The lowest BCUT2D eigenvalue weighted by atomic mass is 10.1. The number of hydrogen-bond donors (Lipinski definition) is 2. The summed E-state index contributed by atoms with van der Waals surface area (Å²) in [4.78, 5) is 0. The molecular formula is C24H36N2O. The van der Waals surface area contributed by atoms with Crippen molar-refractivity contribution in [2.75, 3.05) is 30.3 Å². The van der Waals surface area contributed by atoms with Crippen LogP contribution < -0.4 is 15.4 Å². The van der Waals surface area contributed by atoms with Crippen molar-refractivity contribution in [1.82, 2.24) is 0 Å². The van der Waals surface area contributed by atoms with Crippen LogP contribution in [0.1, 0.15) is 55.7 Å². The highest BCUT2D eigenvalue weighted by molar-refractivity contribution is 5.58. The Hall–Kier alpha value is -2.16. The van der Waals surface area contributed by atoms with Gasteiger partial charge in [0.1, 0.15) is 5.75 Å². The van der Waals surface area contributed by atoms with Crippen molar-refractivity contribution in [3.8, 4) is 5.75 Å². The Morgan fingerprint density at radius 3 is 2.26 bits per heavy atom. The summed E-state index contributed by atoms with van der Waals surface area (Å²) in [6.45, 7) is 11.3. The van der Waals surface area contributed by atoms with Gasteiger partial charge in [-0.05, 0) is 50.5 Å². The van der Waals surface area contributed by atoms with Crippen molar-refractivity contribution >= 4 is 11.4 Å². The summed E-state index contributed by atoms with van der Waals surface area (Å²) < 4.78 is 5.89. The molecule has 0 amide bonds. The Morgan fingerprint density at radius 1 is 0.815 bits per heavy atom. The molecule has 0 fully saturated rings. The van der Waals surface area contributed by atoms with E-state index in [1.807, 2.05) is 6.07 Å². The highest BCUT2D eigenvalue weighted by Crippen LogP contribution is 2.22. The molecule has 3 nitrogen and oxygen atoms in total. The van der Waals surface area contributed by atoms with Crippen LogP contribution in [0.3, 0.4) is 0 Å². The van der Waals surface area contributed by atoms with E-state index in [1.54, 1.807) is 0 Å². The number of anilines is 2. The van der Waals surface area contributed by atoms with Crippen LogP contribution in [-0.2, 0) is 0 Å². The number of rotatable bonds is 12. The summed E-state index contributed by atoms with van der Waals surface area (Å²) >= 11 is 0. The van der Waals surface area contributed by atoms with Crippen molar-refractivity contribution in [3.63, 3.8) is 0 Å². The average Bonchev–Trinajstić information content (AvgIpc) is 2.63. The van der Waals surface area contributed by atoms with Crippen LogP contribution in [0.2, 0.25) is 0 Å². The van der Waals surface area contributed by atoms with Gasteiger partial charge in [-0.15, -0.1) is 0 Å². The monoisotopic (exact) mass is 368 g/mol. The minimum Gasteiger partial charge on any atom is -0.494 e. The molecule has 2 rings (SSSR count). The van der Waals surface area contributed by atoms with E-state index in [2.05, 4.69) is 68.7 Å². The Bertz CT molecular complexity index is 674. The summed E-state index contributed by atoms with van der Waals surface area (Å²) in [5, 5.41) is 7.04. The van der Waals surface area contributed by atoms with Gasteiger partial charge in [-0.2, -0.15) is 0 Å². The molecule has 0 unspecified atom stereocenters. The summed E-state index contributed by atoms with van der Waals surface area (Å²) in [7, 11) is 0. The van der Waals surface area contributed by atoms with Crippen molar-refractivity contribution in [1.29, 1.82) is 0 Å². The first kappa shape index (κ1) is 21.1. The van der Waals surface area contributed by atoms with Gasteiger partial charge in [-0.25, -0.2) is 0 Å². The normalized spacial score (nSPS) is 10.7. The molecule has 0 heterocycles. The van der Waals surface area contributed by atoms with E-state index in [-0.39, 0.29) is 0 Å². The zero-order valence-corrected chi connectivity index (χ0v) is 17.5. The number of nitrogens with one attached hydrogen (secondary N) is 2. The summed E-state index contributed by atoms with van der Waals surface area (Å²) in [5.41, 5.74) is 6.29. The average molecular weight is 369 g/mol. The van der Waals surface area contributed by atoms with Crippen LogP contribution >= 0.6 is 0 Å². The molecule has 0 aliphatic carbocycles. The van der Waals surface area contributed by atoms with E-state index < -0.39 is 0 Å². The highest BCUT2D eigenvalue weighted by atomic mass is 16.5. The van der Waals surface area contributed by atoms with Crippen LogP contribution in [0.15, 0.2) is 36.4 Å². The predicted molar refractivity (Wildman–Crippen MR) is 118 cm³/mol. The number of benzene rings is 2. The third-order valence-corrected chi connectivity index (χ3v) is 4.78. The molecule has 2 N–H and O–H groups in total. The largest absolute Gasteiger partial charge is 0.494 e. The van der Waals surface area contributed by atoms with Crippen LogP contribution in [-0.4, -0.2) is 19.7 Å². The lowest BCUT2D eigenvalue weighted by molar-refractivity contribution is 0.304. The lowest BCUT2D eigenvalue weighted by Gasteiger charge is -2.15. The minimum atomic E-state index is 0.806. The molecule has 2 aromatic rings. The van der Waals surface area contributed by atoms with Crippen molar-refractivity contribution in [3.05, 3.63) is 53.1 Å². The molecule has 0 bridgehead atoms. The Balaban J connectivity index is 1.72. The van der Waals surface area contributed by atoms with Gasteiger partial charge in [0.2, 0.25) is 0 Å². The zero-order valence-electron chi connectivity index (χ0n) is 17.5. The van der Waals surface area contributed by atoms with Crippen LogP contribution in [0, 0.1) is 20.8 Å². The van der Waals surface area contributed by atoms with Crippen LogP contribution in [0.4, 0.5) is 11.4 Å². The molecule has 27 heavy (non-hydrogen) atoms.